The maximum atomic E-state index is 5.60. The molecule has 3 aromatic rings. The smallest absolute Gasteiger partial charge is 0.165 e. The van der Waals surface area contributed by atoms with Crippen LogP contribution >= 0.6 is 0 Å². The van der Waals surface area contributed by atoms with Gasteiger partial charge in [0, 0.05) is 23.7 Å². The molecule has 3 rings (SSSR count). The van der Waals surface area contributed by atoms with E-state index in [9.17, 15) is 0 Å². The van der Waals surface area contributed by atoms with Gasteiger partial charge in [-0.05, 0) is 19.4 Å². The summed E-state index contributed by atoms with van der Waals surface area (Å²) in [5.74, 6) is 1.60. The third kappa shape index (κ3) is 2.75. The second-order valence-corrected chi connectivity index (χ2v) is 4.99. The molecule has 2 heterocycles. The predicted molar refractivity (Wildman–Crippen MR) is 85.4 cm³/mol. The van der Waals surface area contributed by atoms with Gasteiger partial charge in [-0.1, -0.05) is 31.5 Å². The number of aryl methyl sites for hydroxylation is 1. The van der Waals surface area contributed by atoms with Crippen molar-refractivity contribution in [1.29, 1.82) is 0 Å². The Hall–Kier alpha value is -2.36. The number of hydrogen-bond acceptors (Lipinski definition) is 4. The minimum absolute atomic E-state index is 0.724. The van der Waals surface area contributed by atoms with E-state index in [0.717, 1.165) is 53.3 Å². The van der Waals surface area contributed by atoms with Crippen LogP contribution in [0, 0.1) is 0 Å². The maximum Gasteiger partial charge on any atom is 0.165 e. The number of benzene rings is 1. The predicted octanol–water partition coefficient (Wildman–Crippen LogP) is 4.27. The fraction of sp³-hybridized carbons (Fsp3) is 0.294. The van der Waals surface area contributed by atoms with Gasteiger partial charge >= 0.3 is 0 Å². The largest absolute Gasteiger partial charge is 0.464 e. The van der Waals surface area contributed by atoms with Crippen molar-refractivity contribution in [1.82, 2.24) is 9.97 Å². The van der Waals surface area contributed by atoms with E-state index in [-0.39, 0.29) is 0 Å². The summed E-state index contributed by atoms with van der Waals surface area (Å²) in [5.41, 5.74) is 2.87. The van der Waals surface area contributed by atoms with E-state index in [1.807, 2.05) is 30.3 Å². The summed E-state index contributed by atoms with van der Waals surface area (Å²) in [4.78, 5) is 9.30. The highest BCUT2D eigenvalue weighted by atomic mass is 16.3. The molecule has 0 saturated carbocycles. The lowest BCUT2D eigenvalue weighted by atomic mass is 10.1. The molecule has 0 aliphatic heterocycles. The van der Waals surface area contributed by atoms with Gasteiger partial charge in [-0.2, -0.15) is 0 Å². The summed E-state index contributed by atoms with van der Waals surface area (Å²) < 4.78 is 5.60. The normalized spacial score (nSPS) is 11.0. The average molecular weight is 281 g/mol. The van der Waals surface area contributed by atoms with Crippen molar-refractivity contribution in [3.05, 3.63) is 42.3 Å². The van der Waals surface area contributed by atoms with Crippen LogP contribution in [0.15, 0.2) is 41.0 Å². The van der Waals surface area contributed by atoms with E-state index in [1.54, 1.807) is 6.26 Å². The van der Waals surface area contributed by atoms with Crippen LogP contribution in [0.3, 0.4) is 0 Å². The van der Waals surface area contributed by atoms with Gasteiger partial charge in [-0.15, -0.1) is 0 Å². The Labute approximate surface area is 124 Å². The molecule has 2 aromatic heterocycles. The molecule has 0 amide bonds. The molecule has 0 unspecified atom stereocenters. The molecule has 0 bridgehead atoms. The Morgan fingerprint density at radius 3 is 2.81 bits per heavy atom. The van der Waals surface area contributed by atoms with E-state index in [2.05, 4.69) is 29.1 Å². The van der Waals surface area contributed by atoms with Crippen molar-refractivity contribution < 1.29 is 4.42 Å². The highest BCUT2D eigenvalue weighted by Gasteiger charge is 2.12. The Morgan fingerprint density at radius 1 is 1.14 bits per heavy atom. The summed E-state index contributed by atoms with van der Waals surface area (Å²) in [5, 5.41) is 4.32. The summed E-state index contributed by atoms with van der Waals surface area (Å²) in [6, 6.07) is 9.99. The highest BCUT2D eigenvalue weighted by molar-refractivity contribution is 5.92. The Morgan fingerprint density at radius 2 is 2.00 bits per heavy atom. The highest BCUT2D eigenvalue weighted by Crippen LogP contribution is 2.29. The van der Waals surface area contributed by atoms with Gasteiger partial charge in [0.2, 0.25) is 0 Å². The van der Waals surface area contributed by atoms with Gasteiger partial charge < -0.3 is 9.73 Å². The second kappa shape index (κ2) is 5.95. The van der Waals surface area contributed by atoms with E-state index in [4.69, 9.17) is 4.42 Å². The molecule has 21 heavy (non-hydrogen) atoms. The van der Waals surface area contributed by atoms with E-state index < -0.39 is 0 Å². The van der Waals surface area contributed by atoms with Crippen LogP contribution in [0.2, 0.25) is 0 Å². The molecule has 0 saturated heterocycles. The molecular formula is C17H19N3O. The zero-order valence-corrected chi connectivity index (χ0v) is 12.4. The van der Waals surface area contributed by atoms with Crippen molar-refractivity contribution in [3.8, 4) is 11.4 Å². The number of nitrogens with one attached hydrogen (secondary N) is 1. The number of fused-ring (bicyclic) bond motifs is 1. The SMILES string of the molecule is CCCc1cc(NCC)nc(-c2coc3ccccc23)n1. The minimum Gasteiger partial charge on any atom is -0.464 e. The number of rotatable bonds is 5. The van der Waals surface area contributed by atoms with Crippen LogP contribution in [0.5, 0.6) is 0 Å². The molecule has 0 fully saturated rings. The van der Waals surface area contributed by atoms with Crippen LogP contribution in [-0.4, -0.2) is 16.5 Å². The Bertz CT molecular complexity index is 724. The molecule has 0 aliphatic rings. The van der Waals surface area contributed by atoms with Gasteiger partial charge in [0.25, 0.3) is 0 Å². The summed E-state index contributed by atoms with van der Waals surface area (Å²) >= 11 is 0. The fourth-order valence-electron chi connectivity index (χ4n) is 2.42. The van der Waals surface area contributed by atoms with E-state index >= 15 is 0 Å². The molecule has 0 aliphatic carbocycles. The van der Waals surface area contributed by atoms with Crippen molar-refractivity contribution in [2.24, 2.45) is 0 Å². The van der Waals surface area contributed by atoms with Crippen LogP contribution in [-0.2, 0) is 6.42 Å². The molecule has 108 valence electrons. The number of aromatic nitrogens is 2. The van der Waals surface area contributed by atoms with E-state index in [0.29, 0.717) is 0 Å². The molecule has 0 radical (unpaired) electrons. The Balaban J connectivity index is 2.11. The minimum atomic E-state index is 0.724. The topological polar surface area (TPSA) is 51.0 Å². The first kappa shape index (κ1) is 13.6. The first-order chi connectivity index (χ1) is 10.3. The molecule has 1 aromatic carbocycles. The summed E-state index contributed by atoms with van der Waals surface area (Å²) in [6.07, 6.45) is 3.75. The molecular weight excluding hydrogens is 262 g/mol. The average Bonchev–Trinajstić information content (AvgIpc) is 2.92. The lowest BCUT2D eigenvalue weighted by Crippen LogP contribution is -2.04. The fourth-order valence-corrected chi connectivity index (χ4v) is 2.42. The van der Waals surface area contributed by atoms with Crippen LogP contribution in [0.25, 0.3) is 22.4 Å². The standard InChI is InChI=1S/C17H19N3O/c1-3-7-12-10-16(18-4-2)20-17(19-12)14-11-21-15-9-6-5-8-13(14)15/h5-6,8-11H,3-4,7H2,1-2H3,(H,18,19,20). The zero-order chi connectivity index (χ0) is 14.7. The summed E-state index contributed by atoms with van der Waals surface area (Å²) in [7, 11) is 0. The van der Waals surface area contributed by atoms with Crippen molar-refractivity contribution in [2.75, 3.05) is 11.9 Å². The van der Waals surface area contributed by atoms with Gasteiger partial charge in [-0.25, -0.2) is 9.97 Å². The third-order valence-corrected chi connectivity index (χ3v) is 3.37. The quantitative estimate of drug-likeness (QED) is 0.758. The maximum absolute atomic E-state index is 5.60. The Kier molecular flexibility index (Phi) is 3.86. The van der Waals surface area contributed by atoms with E-state index in [1.165, 1.54) is 0 Å². The molecule has 0 atom stereocenters. The number of furan rings is 1. The van der Waals surface area contributed by atoms with Crippen molar-refractivity contribution >= 4 is 16.8 Å². The lowest BCUT2D eigenvalue weighted by molar-refractivity contribution is 0.616. The first-order valence-electron chi connectivity index (χ1n) is 7.40. The molecule has 0 spiro atoms. The molecule has 4 heteroatoms. The number of hydrogen-bond donors (Lipinski definition) is 1. The van der Waals surface area contributed by atoms with Gasteiger partial charge in [0.15, 0.2) is 5.82 Å². The van der Waals surface area contributed by atoms with Gasteiger partial charge in [0.1, 0.15) is 17.7 Å². The van der Waals surface area contributed by atoms with Crippen LogP contribution in [0.1, 0.15) is 26.0 Å². The zero-order valence-electron chi connectivity index (χ0n) is 12.4. The second-order valence-electron chi connectivity index (χ2n) is 4.99. The summed E-state index contributed by atoms with van der Waals surface area (Å²) in [6.45, 7) is 5.06. The molecule has 4 nitrogen and oxygen atoms in total. The molecule has 1 N–H and O–H groups in total. The van der Waals surface area contributed by atoms with Crippen LogP contribution in [0.4, 0.5) is 5.82 Å². The first-order valence-corrected chi connectivity index (χ1v) is 7.40. The lowest BCUT2D eigenvalue weighted by Gasteiger charge is -2.07. The monoisotopic (exact) mass is 281 g/mol. The third-order valence-electron chi connectivity index (χ3n) is 3.37. The van der Waals surface area contributed by atoms with Gasteiger partial charge in [0.05, 0.1) is 5.56 Å². The van der Waals surface area contributed by atoms with Crippen molar-refractivity contribution in [3.63, 3.8) is 0 Å². The van der Waals surface area contributed by atoms with Crippen LogP contribution < -0.4 is 5.32 Å². The van der Waals surface area contributed by atoms with Crippen molar-refractivity contribution in [2.45, 2.75) is 26.7 Å². The number of nitrogens with zero attached hydrogens (tertiary/aromatic N) is 2. The van der Waals surface area contributed by atoms with Gasteiger partial charge in [-0.3, -0.25) is 0 Å². The number of anilines is 1. The number of para-hydroxylation sites is 1.